The van der Waals surface area contributed by atoms with Crippen molar-refractivity contribution in [1.29, 1.82) is 0 Å². The summed E-state index contributed by atoms with van der Waals surface area (Å²) >= 11 is 1.28. The normalized spacial score (nSPS) is 13.5. The van der Waals surface area contributed by atoms with Crippen LogP contribution in [0.1, 0.15) is 25.8 Å². The minimum atomic E-state index is -0.482. The second-order valence-corrected chi connectivity index (χ2v) is 6.28. The Balaban J connectivity index is 1.69. The molecule has 0 atom stereocenters. The highest BCUT2D eigenvalue weighted by molar-refractivity contribution is 7.99. The van der Waals surface area contributed by atoms with E-state index in [1.54, 1.807) is 19.3 Å². The molecule has 2 aromatic rings. The molecule has 2 aromatic heterocycles. The maximum atomic E-state index is 11.8. The van der Waals surface area contributed by atoms with Crippen molar-refractivity contribution in [2.45, 2.75) is 31.0 Å². The zero-order valence-corrected chi connectivity index (χ0v) is 14.0. The molecular formula is C15H18N6O2S. The molecule has 8 nitrogen and oxygen atoms in total. The summed E-state index contributed by atoms with van der Waals surface area (Å²) in [5, 5.41) is 14.0. The molecule has 0 radical (unpaired) electrons. The van der Waals surface area contributed by atoms with E-state index < -0.39 is 6.03 Å². The predicted molar refractivity (Wildman–Crippen MR) is 89.5 cm³/mol. The largest absolute Gasteiger partial charge is 0.338 e. The van der Waals surface area contributed by atoms with E-state index in [1.807, 2.05) is 12.1 Å². The lowest BCUT2D eigenvalue weighted by atomic mass is 10.2. The van der Waals surface area contributed by atoms with E-state index in [9.17, 15) is 9.59 Å². The Morgan fingerprint density at radius 2 is 2.04 bits per heavy atom. The highest BCUT2D eigenvalue weighted by Crippen LogP contribution is 2.40. The van der Waals surface area contributed by atoms with Crippen molar-refractivity contribution in [3.8, 4) is 11.4 Å². The van der Waals surface area contributed by atoms with Crippen LogP contribution in [0.2, 0.25) is 0 Å². The van der Waals surface area contributed by atoms with E-state index in [0.717, 1.165) is 24.2 Å². The van der Waals surface area contributed by atoms with E-state index in [4.69, 9.17) is 0 Å². The van der Waals surface area contributed by atoms with Crippen LogP contribution in [0.15, 0.2) is 29.7 Å². The maximum Gasteiger partial charge on any atom is 0.321 e. The number of hydrogen-bond donors (Lipinski definition) is 2. The molecule has 2 heterocycles. The van der Waals surface area contributed by atoms with Gasteiger partial charge in [0.2, 0.25) is 5.91 Å². The summed E-state index contributed by atoms with van der Waals surface area (Å²) < 4.78 is 2.07. The summed E-state index contributed by atoms with van der Waals surface area (Å²) in [5.74, 6) is 0.534. The van der Waals surface area contributed by atoms with Crippen molar-refractivity contribution in [2.75, 3.05) is 12.3 Å². The molecule has 2 N–H and O–H groups in total. The van der Waals surface area contributed by atoms with Gasteiger partial charge in [-0.1, -0.05) is 11.8 Å². The molecule has 3 rings (SSSR count). The third-order valence-corrected chi connectivity index (χ3v) is 4.38. The Kier molecular flexibility index (Phi) is 5.09. The van der Waals surface area contributed by atoms with E-state index in [1.165, 1.54) is 11.8 Å². The second kappa shape index (κ2) is 7.43. The molecule has 24 heavy (non-hydrogen) atoms. The predicted octanol–water partition coefficient (Wildman–Crippen LogP) is 1.61. The van der Waals surface area contributed by atoms with Crippen LogP contribution in [-0.2, 0) is 4.79 Å². The molecule has 0 aliphatic heterocycles. The fraction of sp³-hybridized carbons (Fsp3) is 0.400. The second-order valence-electron chi connectivity index (χ2n) is 5.34. The molecular weight excluding hydrogens is 328 g/mol. The highest BCUT2D eigenvalue weighted by Gasteiger charge is 2.30. The Morgan fingerprint density at radius 3 is 2.71 bits per heavy atom. The van der Waals surface area contributed by atoms with Crippen LogP contribution in [0.25, 0.3) is 11.4 Å². The zero-order chi connectivity index (χ0) is 16.9. The zero-order valence-electron chi connectivity index (χ0n) is 13.2. The number of carbonyl (C=O) groups excluding carboxylic acids is 2. The number of urea groups is 1. The molecule has 0 unspecified atom stereocenters. The molecule has 0 saturated heterocycles. The molecule has 126 valence electrons. The molecule has 1 aliphatic rings. The minimum absolute atomic E-state index is 0.109. The summed E-state index contributed by atoms with van der Waals surface area (Å²) in [6, 6.07) is 3.67. The third kappa shape index (κ3) is 3.91. The van der Waals surface area contributed by atoms with Crippen LogP contribution in [0, 0.1) is 0 Å². The number of nitrogens with one attached hydrogen (secondary N) is 2. The number of amides is 3. The first-order chi connectivity index (χ1) is 11.7. The molecule has 3 amide bonds. The van der Waals surface area contributed by atoms with Crippen LogP contribution in [0.5, 0.6) is 0 Å². The lowest BCUT2D eigenvalue weighted by molar-refractivity contribution is -0.117. The van der Waals surface area contributed by atoms with Gasteiger partial charge in [-0.15, -0.1) is 10.2 Å². The van der Waals surface area contributed by atoms with Crippen LogP contribution in [0.3, 0.4) is 0 Å². The van der Waals surface area contributed by atoms with Gasteiger partial charge in [-0.3, -0.25) is 19.7 Å². The number of imide groups is 1. The van der Waals surface area contributed by atoms with Crippen LogP contribution < -0.4 is 10.6 Å². The van der Waals surface area contributed by atoms with Crippen molar-refractivity contribution < 1.29 is 9.59 Å². The van der Waals surface area contributed by atoms with E-state index >= 15 is 0 Å². The lowest BCUT2D eigenvalue weighted by Gasteiger charge is -2.08. The van der Waals surface area contributed by atoms with E-state index in [0.29, 0.717) is 17.7 Å². The van der Waals surface area contributed by atoms with E-state index in [2.05, 4.69) is 30.4 Å². The maximum absolute atomic E-state index is 11.8. The molecule has 1 aliphatic carbocycles. The van der Waals surface area contributed by atoms with Crippen molar-refractivity contribution in [1.82, 2.24) is 30.4 Å². The summed E-state index contributed by atoms with van der Waals surface area (Å²) in [4.78, 5) is 27.2. The molecule has 0 bridgehead atoms. The Labute approximate surface area is 143 Å². The quantitative estimate of drug-likeness (QED) is 0.771. The number of carbonyl (C=O) groups is 2. The first kappa shape index (κ1) is 16.4. The molecule has 0 aromatic carbocycles. The highest BCUT2D eigenvalue weighted by atomic mass is 32.2. The van der Waals surface area contributed by atoms with Crippen LogP contribution >= 0.6 is 11.8 Å². The van der Waals surface area contributed by atoms with Gasteiger partial charge in [-0.2, -0.15) is 0 Å². The number of nitrogens with zero attached hydrogens (tertiary/aromatic N) is 4. The summed E-state index contributed by atoms with van der Waals surface area (Å²) in [6.45, 7) is 2.26. The van der Waals surface area contributed by atoms with Gasteiger partial charge >= 0.3 is 6.03 Å². The van der Waals surface area contributed by atoms with Gasteiger partial charge < -0.3 is 5.32 Å². The smallest absolute Gasteiger partial charge is 0.321 e. The summed E-state index contributed by atoms with van der Waals surface area (Å²) in [6.07, 6.45) is 5.59. The molecule has 1 saturated carbocycles. The minimum Gasteiger partial charge on any atom is -0.338 e. The summed E-state index contributed by atoms with van der Waals surface area (Å²) in [5.41, 5.74) is 0.947. The van der Waals surface area contributed by atoms with E-state index in [-0.39, 0.29) is 11.7 Å². The number of aromatic nitrogens is 4. The monoisotopic (exact) mass is 346 g/mol. The molecule has 9 heteroatoms. The average Bonchev–Trinajstić information content (AvgIpc) is 3.33. The topological polar surface area (TPSA) is 102 Å². The van der Waals surface area contributed by atoms with Gasteiger partial charge in [0.05, 0.1) is 5.75 Å². The fourth-order valence-corrected chi connectivity index (χ4v) is 3.04. The van der Waals surface area contributed by atoms with Crippen molar-refractivity contribution in [2.24, 2.45) is 0 Å². The molecule has 1 fully saturated rings. The average molecular weight is 346 g/mol. The Bertz CT molecular complexity index is 729. The van der Waals surface area contributed by atoms with Crippen LogP contribution in [-0.4, -0.2) is 44.0 Å². The van der Waals surface area contributed by atoms with Gasteiger partial charge in [0.25, 0.3) is 0 Å². The van der Waals surface area contributed by atoms with Crippen molar-refractivity contribution in [3.63, 3.8) is 0 Å². The van der Waals surface area contributed by atoms with Crippen molar-refractivity contribution in [3.05, 3.63) is 24.5 Å². The number of hydrogen-bond acceptors (Lipinski definition) is 6. The standard InChI is InChI=1S/C15H18N6O2S/c1-2-17-14(23)18-12(22)9-24-15-20-19-13(21(15)11-3-4-11)10-5-7-16-8-6-10/h5-8,11H,2-4,9H2,1H3,(H2,17,18,22,23). The number of rotatable bonds is 6. The summed E-state index contributed by atoms with van der Waals surface area (Å²) in [7, 11) is 0. The van der Waals surface area contributed by atoms with Crippen LogP contribution in [0.4, 0.5) is 4.79 Å². The van der Waals surface area contributed by atoms with Crippen molar-refractivity contribution >= 4 is 23.7 Å². The Hall–Kier alpha value is -2.42. The first-order valence-corrected chi connectivity index (χ1v) is 8.73. The SMILES string of the molecule is CCNC(=O)NC(=O)CSc1nnc(-c2ccncc2)n1C1CC1. The number of pyridine rings is 1. The van der Waals surface area contributed by atoms with Gasteiger partial charge in [-0.05, 0) is 31.9 Å². The first-order valence-electron chi connectivity index (χ1n) is 7.74. The van der Waals surface area contributed by atoms with Gasteiger partial charge in [0.15, 0.2) is 11.0 Å². The number of thioether (sulfide) groups is 1. The lowest BCUT2D eigenvalue weighted by Crippen LogP contribution is -2.40. The van der Waals surface area contributed by atoms with Gasteiger partial charge in [-0.25, -0.2) is 4.79 Å². The Morgan fingerprint density at radius 1 is 1.29 bits per heavy atom. The molecule has 0 spiro atoms. The fourth-order valence-electron chi connectivity index (χ4n) is 2.23. The van der Waals surface area contributed by atoms with Gasteiger partial charge in [0.1, 0.15) is 0 Å². The van der Waals surface area contributed by atoms with Gasteiger partial charge in [0, 0.05) is 30.5 Å². The third-order valence-electron chi connectivity index (χ3n) is 3.44.